The van der Waals surface area contributed by atoms with E-state index in [1.54, 1.807) is 0 Å². The molecule has 0 spiro atoms. The number of hydroxylamine groups is 2. The van der Waals surface area contributed by atoms with E-state index in [0.717, 1.165) is 18.4 Å². The fourth-order valence-electron chi connectivity index (χ4n) is 3.32. The van der Waals surface area contributed by atoms with E-state index >= 15 is 0 Å². The molecule has 6 heteroatoms. The lowest BCUT2D eigenvalue weighted by Crippen LogP contribution is -2.49. The van der Waals surface area contributed by atoms with Crippen molar-refractivity contribution in [3.8, 4) is 0 Å². The van der Waals surface area contributed by atoms with Gasteiger partial charge < -0.3 is 14.2 Å². The van der Waals surface area contributed by atoms with Gasteiger partial charge in [0.25, 0.3) is 0 Å². The monoisotopic (exact) mass is 391 g/mol. The molecule has 1 fully saturated rings. The summed E-state index contributed by atoms with van der Waals surface area (Å²) in [5.74, 6) is 0.367. The highest BCUT2D eigenvalue weighted by atomic mass is 28.3. The Bertz CT molecular complexity index is 641. The van der Waals surface area contributed by atoms with E-state index in [4.69, 9.17) is 19.0 Å². The molecule has 2 aliphatic rings. The van der Waals surface area contributed by atoms with Gasteiger partial charge in [-0.15, -0.1) is 0 Å². The lowest BCUT2D eigenvalue weighted by atomic mass is 10.1. The molecule has 150 valence electrons. The number of rotatable bonds is 7. The van der Waals surface area contributed by atoms with Crippen molar-refractivity contribution in [1.29, 1.82) is 0 Å². The van der Waals surface area contributed by atoms with Crippen molar-refractivity contribution in [2.45, 2.75) is 64.0 Å². The van der Waals surface area contributed by atoms with Crippen LogP contribution < -0.4 is 0 Å². The lowest BCUT2D eigenvalue weighted by molar-refractivity contribution is -0.224. The Morgan fingerprint density at radius 2 is 1.93 bits per heavy atom. The fourth-order valence-corrected chi connectivity index (χ4v) is 4.04. The minimum Gasteiger partial charge on any atom is -0.497 e. The van der Waals surface area contributed by atoms with Crippen LogP contribution in [0.15, 0.2) is 42.2 Å². The quantitative estimate of drug-likeness (QED) is 0.652. The van der Waals surface area contributed by atoms with Crippen molar-refractivity contribution in [1.82, 2.24) is 5.06 Å². The third kappa shape index (κ3) is 5.89. The van der Waals surface area contributed by atoms with Gasteiger partial charge in [-0.05, 0) is 31.5 Å². The summed E-state index contributed by atoms with van der Waals surface area (Å²) in [5, 5.41) is 1.99. The molecule has 0 saturated carbocycles. The van der Waals surface area contributed by atoms with Gasteiger partial charge in [0.15, 0.2) is 5.79 Å². The van der Waals surface area contributed by atoms with Crippen LogP contribution in [0.4, 0.5) is 0 Å². The molecule has 2 atom stereocenters. The first-order chi connectivity index (χ1) is 12.7. The molecule has 3 rings (SSSR count). The van der Waals surface area contributed by atoms with E-state index in [1.807, 2.05) is 43.2 Å². The van der Waals surface area contributed by atoms with Gasteiger partial charge >= 0.3 is 0 Å². The Morgan fingerprint density at radius 3 is 2.56 bits per heavy atom. The summed E-state index contributed by atoms with van der Waals surface area (Å²) >= 11 is 0. The molecule has 0 unspecified atom stereocenters. The summed E-state index contributed by atoms with van der Waals surface area (Å²) in [6.07, 6.45) is 1.92. The van der Waals surface area contributed by atoms with Crippen molar-refractivity contribution in [2.24, 2.45) is 0 Å². The summed E-state index contributed by atoms with van der Waals surface area (Å²) in [4.78, 5) is 6.00. The maximum Gasteiger partial charge on any atom is 0.163 e. The smallest absolute Gasteiger partial charge is 0.163 e. The lowest BCUT2D eigenvalue weighted by Gasteiger charge is -2.38. The van der Waals surface area contributed by atoms with E-state index in [2.05, 4.69) is 31.8 Å². The first kappa shape index (κ1) is 20.5. The number of hydrogen-bond donors (Lipinski definition) is 0. The average Bonchev–Trinajstić information content (AvgIpc) is 2.94. The first-order valence-electron chi connectivity index (χ1n) is 9.82. The SMILES string of the molecule is CC1(C)OC[C@H]([C@H]2C(OCC[Si](C)(C)C)=CCON2Cc2ccccc2)O1. The van der Waals surface area contributed by atoms with Crippen molar-refractivity contribution >= 4 is 8.07 Å². The zero-order valence-corrected chi connectivity index (χ0v) is 18.2. The van der Waals surface area contributed by atoms with Gasteiger partial charge in [-0.3, -0.25) is 4.84 Å². The number of hydrogen-bond acceptors (Lipinski definition) is 5. The zero-order chi connectivity index (χ0) is 19.5. The molecular formula is C21H33NO4Si. The van der Waals surface area contributed by atoms with Crippen molar-refractivity contribution in [2.75, 3.05) is 19.8 Å². The first-order valence-corrected chi connectivity index (χ1v) is 13.5. The molecule has 0 bridgehead atoms. The molecule has 0 amide bonds. The van der Waals surface area contributed by atoms with Gasteiger partial charge in [-0.25, -0.2) is 0 Å². The van der Waals surface area contributed by atoms with Crippen LogP contribution in [0.3, 0.4) is 0 Å². The maximum atomic E-state index is 6.26. The summed E-state index contributed by atoms with van der Waals surface area (Å²) in [6, 6.07) is 11.4. The second kappa shape index (κ2) is 8.45. The standard InChI is InChI=1S/C21H33NO4Si/c1-21(2)24-16-19(26-21)20-18(23-13-14-27(3,4)5)11-12-25-22(20)15-17-9-7-6-8-10-17/h6-11,19-20H,12-16H2,1-5H3/t19-,20-/m1/s1. The number of benzene rings is 1. The van der Waals surface area contributed by atoms with Gasteiger partial charge in [0.05, 0.1) is 26.4 Å². The normalized spacial score (nSPS) is 26.0. The highest BCUT2D eigenvalue weighted by Gasteiger charge is 2.44. The van der Waals surface area contributed by atoms with E-state index in [-0.39, 0.29) is 12.1 Å². The van der Waals surface area contributed by atoms with Gasteiger partial charge in [0, 0.05) is 8.07 Å². The van der Waals surface area contributed by atoms with Crippen LogP contribution in [0, 0.1) is 0 Å². The molecule has 0 radical (unpaired) electrons. The van der Waals surface area contributed by atoms with Crippen LogP contribution >= 0.6 is 0 Å². The Morgan fingerprint density at radius 1 is 1.19 bits per heavy atom. The Kier molecular flexibility index (Phi) is 6.43. The van der Waals surface area contributed by atoms with Crippen LogP contribution in [0.1, 0.15) is 19.4 Å². The molecule has 1 saturated heterocycles. The Labute approximate surface area is 164 Å². The van der Waals surface area contributed by atoms with E-state index in [1.165, 1.54) is 5.56 Å². The maximum absolute atomic E-state index is 6.26. The molecule has 27 heavy (non-hydrogen) atoms. The minimum atomic E-state index is -1.15. The van der Waals surface area contributed by atoms with Gasteiger partial charge in [-0.1, -0.05) is 50.0 Å². The number of ether oxygens (including phenoxy) is 3. The number of nitrogens with zero attached hydrogens (tertiary/aromatic N) is 1. The summed E-state index contributed by atoms with van der Waals surface area (Å²) < 4.78 is 18.3. The predicted molar refractivity (Wildman–Crippen MR) is 109 cm³/mol. The zero-order valence-electron chi connectivity index (χ0n) is 17.2. The molecular weight excluding hydrogens is 358 g/mol. The van der Waals surface area contributed by atoms with E-state index in [0.29, 0.717) is 19.8 Å². The minimum absolute atomic E-state index is 0.109. The van der Waals surface area contributed by atoms with Crippen molar-refractivity contribution < 1.29 is 19.0 Å². The Balaban J connectivity index is 1.75. The topological polar surface area (TPSA) is 40.2 Å². The molecule has 2 aliphatic heterocycles. The molecule has 0 aromatic heterocycles. The summed E-state index contributed by atoms with van der Waals surface area (Å²) in [6.45, 7) is 13.5. The van der Waals surface area contributed by atoms with E-state index < -0.39 is 13.9 Å². The summed E-state index contributed by atoms with van der Waals surface area (Å²) in [5.41, 5.74) is 1.20. The molecule has 0 N–H and O–H groups in total. The van der Waals surface area contributed by atoms with Crippen LogP contribution in [0.25, 0.3) is 0 Å². The van der Waals surface area contributed by atoms with Crippen LogP contribution in [-0.2, 0) is 25.6 Å². The molecule has 2 heterocycles. The highest BCUT2D eigenvalue weighted by Crippen LogP contribution is 2.32. The van der Waals surface area contributed by atoms with Crippen LogP contribution in [0.2, 0.25) is 25.7 Å². The molecule has 0 aliphatic carbocycles. The molecule has 1 aromatic carbocycles. The predicted octanol–water partition coefficient (Wildman–Crippen LogP) is 4.19. The van der Waals surface area contributed by atoms with Crippen LogP contribution in [0.5, 0.6) is 0 Å². The third-order valence-electron chi connectivity index (χ3n) is 4.81. The van der Waals surface area contributed by atoms with E-state index in [9.17, 15) is 0 Å². The fraction of sp³-hybridized carbons (Fsp3) is 0.619. The third-order valence-corrected chi connectivity index (χ3v) is 6.52. The molecule has 1 aromatic rings. The van der Waals surface area contributed by atoms with Gasteiger partial charge in [-0.2, -0.15) is 5.06 Å². The second-order valence-electron chi connectivity index (χ2n) is 8.93. The second-order valence-corrected chi connectivity index (χ2v) is 14.6. The molecule has 5 nitrogen and oxygen atoms in total. The van der Waals surface area contributed by atoms with Crippen LogP contribution in [-0.4, -0.2) is 50.9 Å². The highest BCUT2D eigenvalue weighted by molar-refractivity contribution is 6.76. The Hall–Kier alpha value is -1.18. The van der Waals surface area contributed by atoms with Gasteiger partial charge in [0.2, 0.25) is 0 Å². The van der Waals surface area contributed by atoms with Crippen molar-refractivity contribution in [3.63, 3.8) is 0 Å². The van der Waals surface area contributed by atoms with Crippen molar-refractivity contribution in [3.05, 3.63) is 47.7 Å². The average molecular weight is 392 g/mol. The summed E-state index contributed by atoms with van der Waals surface area (Å²) in [7, 11) is -1.15. The largest absolute Gasteiger partial charge is 0.497 e. The van der Waals surface area contributed by atoms with Gasteiger partial charge in [0.1, 0.15) is 17.9 Å².